The van der Waals surface area contributed by atoms with Crippen LogP contribution in [0.4, 0.5) is 22.0 Å². The van der Waals surface area contributed by atoms with Crippen LogP contribution in [0.3, 0.4) is 0 Å². The first-order chi connectivity index (χ1) is 8.62. The Morgan fingerprint density at radius 1 is 1.37 bits per heavy atom. The number of rotatable bonds is 4. The van der Waals surface area contributed by atoms with Crippen LogP contribution in [-0.2, 0) is 0 Å². The van der Waals surface area contributed by atoms with Crippen LogP contribution in [0.2, 0.25) is 0 Å². The average Bonchev–Trinajstić information content (AvgIpc) is 2.22. The molecule has 106 valence electrons. The van der Waals surface area contributed by atoms with E-state index in [9.17, 15) is 22.0 Å². The lowest BCUT2D eigenvalue weighted by molar-refractivity contribution is -0.161. The van der Waals surface area contributed by atoms with Gasteiger partial charge in [-0.1, -0.05) is 28.1 Å². The molecular weight excluding hydrogens is 357 g/mol. The predicted molar refractivity (Wildman–Crippen MR) is 65.9 cm³/mol. The Hall–Kier alpha value is -0.960. The van der Waals surface area contributed by atoms with Gasteiger partial charge in [-0.2, -0.15) is 17.6 Å². The number of hydrogen-bond acceptors (Lipinski definition) is 2. The summed E-state index contributed by atoms with van der Waals surface area (Å²) >= 11 is 7.13. The number of alkyl halides is 3. The van der Waals surface area contributed by atoms with Gasteiger partial charge in [-0.15, -0.1) is 0 Å². The molecule has 1 rings (SSSR count). The summed E-state index contributed by atoms with van der Waals surface area (Å²) in [5, 5.41) is 0. The molecule has 1 atom stereocenters. The van der Waals surface area contributed by atoms with E-state index in [4.69, 9.17) is 5.73 Å². The molecule has 0 heterocycles. The van der Waals surface area contributed by atoms with E-state index in [0.29, 0.717) is 0 Å². The molecule has 2 nitrogen and oxygen atoms in total. The average molecular weight is 364 g/mol. The van der Waals surface area contributed by atoms with Crippen molar-refractivity contribution in [3.05, 3.63) is 28.2 Å². The van der Waals surface area contributed by atoms with Gasteiger partial charge in [-0.05, 0) is 12.1 Å². The number of halogens is 6. The van der Waals surface area contributed by atoms with E-state index in [-0.39, 0.29) is 4.47 Å². The van der Waals surface area contributed by atoms with Gasteiger partial charge in [0.05, 0.1) is 4.99 Å². The Balaban J connectivity index is 2.89. The van der Waals surface area contributed by atoms with Gasteiger partial charge in [0.15, 0.2) is 11.6 Å². The highest BCUT2D eigenvalue weighted by molar-refractivity contribution is 9.10. The SMILES string of the molecule is NC(=S)C(COc1cc(Br)cc(F)c1F)C(F)(F)F. The summed E-state index contributed by atoms with van der Waals surface area (Å²) in [7, 11) is 0. The van der Waals surface area contributed by atoms with Crippen molar-refractivity contribution in [2.24, 2.45) is 11.7 Å². The maximum Gasteiger partial charge on any atom is 0.401 e. The van der Waals surface area contributed by atoms with Crippen molar-refractivity contribution in [2.75, 3.05) is 6.61 Å². The summed E-state index contributed by atoms with van der Waals surface area (Å²) in [6.07, 6.45) is -4.72. The number of ether oxygens (including phenoxy) is 1. The minimum absolute atomic E-state index is 0.125. The fourth-order valence-corrected chi connectivity index (χ4v) is 1.76. The first-order valence-electron chi connectivity index (χ1n) is 4.76. The zero-order valence-electron chi connectivity index (χ0n) is 9.10. The third-order valence-corrected chi connectivity index (χ3v) is 2.85. The largest absolute Gasteiger partial charge is 0.489 e. The molecule has 2 N–H and O–H groups in total. The first-order valence-corrected chi connectivity index (χ1v) is 5.96. The Bertz CT molecular complexity index is 494. The number of nitrogens with two attached hydrogens (primary N) is 1. The van der Waals surface area contributed by atoms with Crippen molar-refractivity contribution in [2.45, 2.75) is 6.18 Å². The van der Waals surface area contributed by atoms with Gasteiger partial charge < -0.3 is 10.5 Å². The number of benzene rings is 1. The van der Waals surface area contributed by atoms with Gasteiger partial charge in [-0.3, -0.25) is 0 Å². The molecule has 0 radical (unpaired) electrons. The summed E-state index contributed by atoms with van der Waals surface area (Å²) in [6.45, 7) is -1.02. The molecule has 0 spiro atoms. The van der Waals surface area contributed by atoms with E-state index in [1.165, 1.54) is 0 Å². The van der Waals surface area contributed by atoms with Gasteiger partial charge in [0, 0.05) is 4.47 Å². The highest BCUT2D eigenvalue weighted by Gasteiger charge is 2.42. The summed E-state index contributed by atoms with van der Waals surface area (Å²) < 4.78 is 68.5. The third-order valence-electron chi connectivity index (χ3n) is 2.10. The summed E-state index contributed by atoms with van der Waals surface area (Å²) in [6, 6.07) is 1.82. The number of thiocarbonyl (C=S) groups is 1. The van der Waals surface area contributed by atoms with E-state index in [0.717, 1.165) is 12.1 Å². The summed E-state index contributed by atoms with van der Waals surface area (Å²) in [5.74, 6) is -5.52. The zero-order chi connectivity index (χ0) is 14.8. The predicted octanol–water partition coefficient (Wildman–Crippen LogP) is 3.57. The molecule has 9 heteroatoms. The highest BCUT2D eigenvalue weighted by Crippen LogP contribution is 2.30. The van der Waals surface area contributed by atoms with Gasteiger partial charge in [-0.25, -0.2) is 4.39 Å². The molecule has 0 amide bonds. The molecule has 0 aromatic heterocycles. The minimum atomic E-state index is -4.72. The summed E-state index contributed by atoms with van der Waals surface area (Å²) in [5.41, 5.74) is 4.94. The Morgan fingerprint density at radius 3 is 2.42 bits per heavy atom. The molecule has 19 heavy (non-hydrogen) atoms. The van der Waals surface area contributed by atoms with Crippen molar-refractivity contribution in [3.8, 4) is 5.75 Å². The highest BCUT2D eigenvalue weighted by atomic mass is 79.9. The van der Waals surface area contributed by atoms with Crippen LogP contribution in [0.1, 0.15) is 0 Å². The van der Waals surface area contributed by atoms with E-state index in [1.54, 1.807) is 0 Å². The molecule has 0 saturated heterocycles. The van der Waals surface area contributed by atoms with Gasteiger partial charge in [0.2, 0.25) is 5.82 Å². The normalized spacial score (nSPS) is 13.2. The van der Waals surface area contributed by atoms with Crippen LogP contribution in [0, 0.1) is 17.6 Å². The molecule has 0 bridgehead atoms. The molecule has 0 saturated carbocycles. The Kier molecular flexibility index (Phi) is 5.08. The van der Waals surface area contributed by atoms with Gasteiger partial charge >= 0.3 is 6.18 Å². The zero-order valence-corrected chi connectivity index (χ0v) is 11.5. The molecular formula is C10H7BrF5NOS. The van der Waals surface area contributed by atoms with E-state index >= 15 is 0 Å². The lowest BCUT2D eigenvalue weighted by Gasteiger charge is -2.19. The van der Waals surface area contributed by atoms with Crippen LogP contribution >= 0.6 is 28.1 Å². The van der Waals surface area contributed by atoms with Crippen LogP contribution in [-0.4, -0.2) is 17.8 Å². The number of hydrogen-bond donors (Lipinski definition) is 1. The lowest BCUT2D eigenvalue weighted by Crippen LogP contribution is -2.38. The second-order valence-corrected chi connectivity index (χ2v) is 4.89. The van der Waals surface area contributed by atoms with E-state index in [2.05, 4.69) is 32.9 Å². The Morgan fingerprint density at radius 2 is 1.95 bits per heavy atom. The van der Waals surface area contributed by atoms with Crippen LogP contribution in [0.5, 0.6) is 5.75 Å². The quantitative estimate of drug-likeness (QED) is 0.504. The standard InChI is InChI=1S/C10H7BrF5NOS/c11-4-1-6(12)8(13)7(2-4)18-3-5(9(17)19)10(14,15)16/h1-2,5H,3H2,(H2,17,19). The first kappa shape index (κ1) is 16.1. The third kappa shape index (κ3) is 4.27. The van der Waals surface area contributed by atoms with Gasteiger partial charge in [0.25, 0.3) is 0 Å². The van der Waals surface area contributed by atoms with Crippen molar-refractivity contribution in [3.63, 3.8) is 0 Å². The molecule has 0 aliphatic heterocycles. The smallest absolute Gasteiger partial charge is 0.401 e. The van der Waals surface area contributed by atoms with Crippen molar-refractivity contribution < 1.29 is 26.7 Å². The second-order valence-electron chi connectivity index (χ2n) is 3.51. The van der Waals surface area contributed by atoms with E-state index < -0.39 is 41.1 Å². The fraction of sp³-hybridized carbons (Fsp3) is 0.300. The summed E-state index contributed by atoms with van der Waals surface area (Å²) in [4.78, 5) is -0.830. The molecule has 0 aliphatic carbocycles. The molecule has 1 aromatic carbocycles. The van der Waals surface area contributed by atoms with Crippen LogP contribution < -0.4 is 10.5 Å². The topological polar surface area (TPSA) is 35.2 Å². The maximum absolute atomic E-state index is 13.3. The maximum atomic E-state index is 13.3. The van der Waals surface area contributed by atoms with Crippen molar-refractivity contribution >= 4 is 33.1 Å². The van der Waals surface area contributed by atoms with E-state index in [1.807, 2.05) is 0 Å². The monoisotopic (exact) mass is 363 g/mol. The molecule has 0 aliphatic rings. The minimum Gasteiger partial charge on any atom is -0.489 e. The van der Waals surface area contributed by atoms with Crippen molar-refractivity contribution in [1.29, 1.82) is 0 Å². The molecule has 0 fully saturated rings. The Labute approximate surface area is 118 Å². The lowest BCUT2D eigenvalue weighted by atomic mass is 10.1. The fourth-order valence-electron chi connectivity index (χ4n) is 1.15. The molecule has 1 unspecified atom stereocenters. The van der Waals surface area contributed by atoms with Crippen molar-refractivity contribution in [1.82, 2.24) is 0 Å². The second kappa shape index (κ2) is 6.00. The molecule has 1 aromatic rings. The van der Waals surface area contributed by atoms with Gasteiger partial charge in [0.1, 0.15) is 12.5 Å². The van der Waals surface area contributed by atoms with Crippen LogP contribution in [0.15, 0.2) is 16.6 Å². The van der Waals surface area contributed by atoms with Crippen LogP contribution in [0.25, 0.3) is 0 Å².